The Bertz CT molecular complexity index is 493. The maximum absolute atomic E-state index is 11.9. The largest absolute Gasteiger partial charge is 0.330 e. The third-order valence-electron chi connectivity index (χ3n) is 3.07. The predicted molar refractivity (Wildman–Crippen MR) is 74.7 cm³/mol. The molecule has 0 unspecified atom stereocenters. The molecule has 1 heterocycles. The van der Waals surface area contributed by atoms with Gasteiger partial charge in [-0.15, -0.1) is 12.4 Å². The predicted octanol–water partition coefficient (Wildman–Crippen LogP) is 1.64. The van der Waals surface area contributed by atoms with Crippen LogP contribution in [-0.4, -0.2) is 23.9 Å². The molecule has 0 saturated heterocycles. The quantitative estimate of drug-likeness (QED) is 0.673. The Balaban J connectivity index is 0.00000180. The zero-order valence-electron chi connectivity index (χ0n) is 10.4. The van der Waals surface area contributed by atoms with Gasteiger partial charge in [0.15, 0.2) is 0 Å². The van der Waals surface area contributed by atoms with Gasteiger partial charge in [0, 0.05) is 25.1 Å². The molecule has 1 amide bonds. The molecule has 0 bridgehead atoms. The molecular formula is C12H16ClN3O3. The molecule has 1 aliphatic rings. The van der Waals surface area contributed by atoms with Crippen LogP contribution in [0.2, 0.25) is 0 Å². The molecule has 7 heteroatoms. The van der Waals surface area contributed by atoms with Crippen molar-refractivity contribution in [3.8, 4) is 0 Å². The van der Waals surface area contributed by atoms with E-state index in [9.17, 15) is 14.9 Å². The van der Waals surface area contributed by atoms with E-state index in [2.05, 4.69) is 0 Å². The standard InChI is InChI=1S/C12H15N3O3.ClH/c13-6-1-2-12(16)14-7-5-9-3-4-10(15(17)18)8-11(9)14;/h3-4,8H,1-2,5-7,13H2;1H. The topological polar surface area (TPSA) is 89.5 Å². The molecular weight excluding hydrogens is 270 g/mol. The van der Waals surface area contributed by atoms with Crippen LogP contribution in [0.3, 0.4) is 0 Å². The number of carbonyl (C=O) groups is 1. The van der Waals surface area contributed by atoms with E-state index in [0.29, 0.717) is 31.6 Å². The summed E-state index contributed by atoms with van der Waals surface area (Å²) in [4.78, 5) is 23.9. The first-order valence-electron chi connectivity index (χ1n) is 5.91. The van der Waals surface area contributed by atoms with Crippen LogP contribution in [0.5, 0.6) is 0 Å². The summed E-state index contributed by atoms with van der Waals surface area (Å²) in [6.07, 6.45) is 1.78. The fraction of sp³-hybridized carbons (Fsp3) is 0.417. The molecule has 6 nitrogen and oxygen atoms in total. The number of nitrogens with two attached hydrogens (primary N) is 1. The third kappa shape index (κ3) is 3.21. The first kappa shape index (κ1) is 15.4. The lowest BCUT2D eigenvalue weighted by atomic mass is 10.1. The molecule has 104 valence electrons. The van der Waals surface area contributed by atoms with E-state index in [0.717, 1.165) is 12.0 Å². The van der Waals surface area contributed by atoms with Crippen LogP contribution in [0, 0.1) is 10.1 Å². The lowest BCUT2D eigenvalue weighted by Gasteiger charge is -2.16. The van der Waals surface area contributed by atoms with Crippen LogP contribution in [0.1, 0.15) is 18.4 Å². The minimum Gasteiger partial charge on any atom is -0.330 e. The van der Waals surface area contributed by atoms with E-state index in [4.69, 9.17) is 5.73 Å². The number of nitro benzene ring substituents is 1. The normalized spacial score (nSPS) is 12.8. The van der Waals surface area contributed by atoms with Gasteiger partial charge < -0.3 is 10.6 Å². The van der Waals surface area contributed by atoms with Crippen molar-refractivity contribution in [2.24, 2.45) is 5.73 Å². The number of benzene rings is 1. The molecule has 19 heavy (non-hydrogen) atoms. The smallest absolute Gasteiger partial charge is 0.271 e. The summed E-state index contributed by atoms with van der Waals surface area (Å²) in [7, 11) is 0. The van der Waals surface area contributed by atoms with Crippen molar-refractivity contribution < 1.29 is 9.72 Å². The van der Waals surface area contributed by atoms with Gasteiger partial charge in [0.2, 0.25) is 5.91 Å². The monoisotopic (exact) mass is 285 g/mol. The van der Waals surface area contributed by atoms with E-state index in [1.807, 2.05) is 0 Å². The summed E-state index contributed by atoms with van der Waals surface area (Å²) in [6.45, 7) is 1.07. The van der Waals surface area contributed by atoms with Crippen LogP contribution < -0.4 is 10.6 Å². The molecule has 0 atom stereocenters. The average Bonchev–Trinajstić information content (AvgIpc) is 2.78. The van der Waals surface area contributed by atoms with Crippen molar-refractivity contribution in [1.29, 1.82) is 0 Å². The summed E-state index contributed by atoms with van der Waals surface area (Å²) >= 11 is 0. The molecule has 0 aromatic heterocycles. The maximum Gasteiger partial charge on any atom is 0.271 e. The molecule has 0 radical (unpaired) electrons. The summed E-state index contributed by atoms with van der Waals surface area (Å²) in [5.74, 6) is -0.0142. The first-order valence-corrected chi connectivity index (χ1v) is 5.91. The summed E-state index contributed by atoms with van der Waals surface area (Å²) in [5, 5.41) is 10.7. The van der Waals surface area contributed by atoms with E-state index in [1.54, 1.807) is 11.0 Å². The average molecular weight is 286 g/mol. The van der Waals surface area contributed by atoms with Crippen LogP contribution >= 0.6 is 12.4 Å². The first-order chi connectivity index (χ1) is 8.63. The molecule has 1 aromatic carbocycles. The van der Waals surface area contributed by atoms with Gasteiger partial charge in [-0.05, 0) is 24.9 Å². The number of rotatable bonds is 4. The molecule has 0 spiro atoms. The van der Waals surface area contributed by atoms with Gasteiger partial charge >= 0.3 is 0 Å². The van der Waals surface area contributed by atoms with Crippen molar-refractivity contribution in [2.75, 3.05) is 18.0 Å². The highest BCUT2D eigenvalue weighted by atomic mass is 35.5. The fourth-order valence-electron chi connectivity index (χ4n) is 2.13. The Kier molecular flexibility index (Phi) is 5.26. The minimum atomic E-state index is -0.443. The second-order valence-corrected chi connectivity index (χ2v) is 4.26. The van der Waals surface area contributed by atoms with Gasteiger partial charge in [0.25, 0.3) is 5.69 Å². The van der Waals surface area contributed by atoms with Gasteiger partial charge in [-0.1, -0.05) is 6.07 Å². The number of anilines is 1. The van der Waals surface area contributed by atoms with Crippen LogP contribution in [0.4, 0.5) is 11.4 Å². The van der Waals surface area contributed by atoms with Crippen molar-refractivity contribution in [3.63, 3.8) is 0 Å². The van der Waals surface area contributed by atoms with Gasteiger partial charge in [-0.3, -0.25) is 14.9 Å². The zero-order chi connectivity index (χ0) is 13.1. The molecule has 0 fully saturated rings. The Morgan fingerprint density at radius 1 is 1.47 bits per heavy atom. The van der Waals surface area contributed by atoms with Crippen LogP contribution in [0.15, 0.2) is 18.2 Å². The Morgan fingerprint density at radius 3 is 2.84 bits per heavy atom. The van der Waals surface area contributed by atoms with E-state index < -0.39 is 4.92 Å². The Hall–Kier alpha value is -1.66. The van der Waals surface area contributed by atoms with Gasteiger partial charge in [-0.25, -0.2) is 0 Å². The van der Waals surface area contributed by atoms with Gasteiger partial charge in [0.1, 0.15) is 0 Å². The van der Waals surface area contributed by atoms with Crippen molar-refractivity contribution in [1.82, 2.24) is 0 Å². The molecule has 2 N–H and O–H groups in total. The van der Waals surface area contributed by atoms with Gasteiger partial charge in [0.05, 0.1) is 10.6 Å². The van der Waals surface area contributed by atoms with Gasteiger partial charge in [-0.2, -0.15) is 0 Å². The highest BCUT2D eigenvalue weighted by Crippen LogP contribution is 2.32. The van der Waals surface area contributed by atoms with E-state index in [-0.39, 0.29) is 24.0 Å². The second kappa shape index (κ2) is 6.49. The van der Waals surface area contributed by atoms with Crippen molar-refractivity contribution in [3.05, 3.63) is 33.9 Å². The number of nitro groups is 1. The molecule has 2 rings (SSSR count). The third-order valence-corrected chi connectivity index (χ3v) is 3.07. The summed E-state index contributed by atoms with van der Waals surface area (Å²) in [5.41, 5.74) is 7.05. The zero-order valence-corrected chi connectivity index (χ0v) is 11.2. The summed E-state index contributed by atoms with van der Waals surface area (Å²) in [6, 6.07) is 4.68. The number of hydrogen-bond donors (Lipinski definition) is 1. The SMILES string of the molecule is Cl.NCCCC(=O)N1CCc2ccc([N+](=O)[O-])cc21. The van der Waals surface area contributed by atoms with Crippen LogP contribution in [-0.2, 0) is 11.2 Å². The maximum atomic E-state index is 11.9. The fourth-order valence-corrected chi connectivity index (χ4v) is 2.13. The highest BCUT2D eigenvalue weighted by Gasteiger charge is 2.26. The Morgan fingerprint density at radius 2 is 2.21 bits per heavy atom. The molecule has 0 saturated carbocycles. The number of fused-ring (bicyclic) bond motifs is 1. The second-order valence-electron chi connectivity index (χ2n) is 4.26. The van der Waals surface area contributed by atoms with Crippen molar-refractivity contribution >= 4 is 29.7 Å². The number of halogens is 1. The van der Waals surface area contributed by atoms with E-state index in [1.165, 1.54) is 12.1 Å². The lowest BCUT2D eigenvalue weighted by molar-refractivity contribution is -0.384. The number of nitrogens with zero attached hydrogens (tertiary/aromatic N) is 2. The molecule has 0 aliphatic carbocycles. The van der Waals surface area contributed by atoms with Crippen molar-refractivity contribution in [2.45, 2.75) is 19.3 Å². The summed E-state index contributed by atoms with van der Waals surface area (Å²) < 4.78 is 0. The minimum absolute atomic E-state index is 0. The van der Waals surface area contributed by atoms with E-state index >= 15 is 0 Å². The highest BCUT2D eigenvalue weighted by molar-refractivity contribution is 5.95. The molecule has 1 aliphatic heterocycles. The number of non-ortho nitro benzene ring substituents is 1. The number of carbonyl (C=O) groups excluding carboxylic acids is 1. The number of amides is 1. The number of hydrogen-bond acceptors (Lipinski definition) is 4. The van der Waals surface area contributed by atoms with Crippen LogP contribution in [0.25, 0.3) is 0 Å². The Labute approximate surface area is 117 Å². The molecule has 1 aromatic rings. The lowest BCUT2D eigenvalue weighted by Crippen LogP contribution is -2.29.